The molecule has 2 aromatic heterocycles. The third-order valence-corrected chi connectivity index (χ3v) is 7.85. The molecule has 186 valence electrons. The van der Waals surface area contributed by atoms with Crippen LogP contribution in [0.5, 0.6) is 5.75 Å². The Hall–Kier alpha value is -1.81. The molecular weight excluding hydrogens is 452 g/mol. The molecule has 2 aliphatic rings. The largest absolute Gasteiger partial charge is 0.496 e. The standard InChI is InChI=1S/C25H37ClN6O2/c1-17-14-29-19(18(2)23(17)33-4)15-32(22-13-21(26)31(3)24(27)30-22)16-25(8-11-34-12-9-25)20-7-5-6-10-28-20/h5-7,10,14,21-22,24,30H,8-9,11-13,15-16,27H2,1-4H3. The van der Waals surface area contributed by atoms with Crippen LogP contribution in [0.2, 0.25) is 0 Å². The molecule has 3 unspecified atom stereocenters. The molecule has 0 amide bonds. The van der Waals surface area contributed by atoms with Crippen molar-refractivity contribution < 1.29 is 9.47 Å². The van der Waals surface area contributed by atoms with Crippen molar-refractivity contribution in [2.24, 2.45) is 5.73 Å². The number of nitrogens with one attached hydrogen (secondary N) is 1. The van der Waals surface area contributed by atoms with E-state index in [4.69, 9.17) is 36.8 Å². The quantitative estimate of drug-likeness (QED) is 0.454. The van der Waals surface area contributed by atoms with Crippen LogP contribution in [0.25, 0.3) is 0 Å². The maximum absolute atomic E-state index is 6.71. The van der Waals surface area contributed by atoms with Crippen molar-refractivity contribution in [2.45, 2.75) is 63.0 Å². The van der Waals surface area contributed by atoms with Crippen LogP contribution >= 0.6 is 11.6 Å². The van der Waals surface area contributed by atoms with Crippen LogP contribution in [-0.2, 0) is 16.7 Å². The highest BCUT2D eigenvalue weighted by atomic mass is 35.5. The van der Waals surface area contributed by atoms with E-state index in [1.807, 2.05) is 37.3 Å². The number of hydrogen-bond donors (Lipinski definition) is 2. The summed E-state index contributed by atoms with van der Waals surface area (Å²) in [5.74, 6) is 0.888. The Kier molecular flexibility index (Phi) is 8.07. The number of methoxy groups -OCH3 is 1. The summed E-state index contributed by atoms with van der Waals surface area (Å²) in [5.41, 5.74) is 10.3. The molecule has 0 aromatic carbocycles. The highest BCUT2D eigenvalue weighted by Gasteiger charge is 2.41. The van der Waals surface area contributed by atoms with Crippen molar-refractivity contribution in [1.82, 2.24) is 25.1 Å². The first kappa shape index (κ1) is 25.3. The number of pyridine rings is 2. The fourth-order valence-electron chi connectivity index (χ4n) is 5.18. The SMILES string of the molecule is COc1c(C)cnc(CN(CC2(c3ccccn3)CCOCC2)C2CC(Cl)N(C)C(N)N2)c1C. The minimum Gasteiger partial charge on any atom is -0.496 e. The second kappa shape index (κ2) is 10.8. The minimum absolute atomic E-state index is 0.00868. The van der Waals surface area contributed by atoms with Crippen molar-refractivity contribution in [1.29, 1.82) is 0 Å². The molecule has 9 heteroatoms. The Morgan fingerprint density at radius 1 is 1.29 bits per heavy atom. The second-order valence-corrected chi connectivity index (χ2v) is 10.0. The molecule has 3 atom stereocenters. The van der Waals surface area contributed by atoms with Gasteiger partial charge in [0, 0.05) is 67.4 Å². The van der Waals surface area contributed by atoms with Crippen molar-refractivity contribution in [3.05, 3.63) is 53.1 Å². The maximum Gasteiger partial charge on any atom is 0.128 e. The van der Waals surface area contributed by atoms with Gasteiger partial charge < -0.3 is 15.2 Å². The Bertz CT molecular complexity index is 944. The lowest BCUT2D eigenvalue weighted by Gasteiger charge is -2.47. The Balaban J connectivity index is 1.70. The molecule has 0 saturated carbocycles. The fraction of sp³-hybridized carbons (Fsp3) is 0.600. The van der Waals surface area contributed by atoms with Gasteiger partial charge >= 0.3 is 0 Å². The summed E-state index contributed by atoms with van der Waals surface area (Å²) in [5, 5.41) is 3.57. The van der Waals surface area contributed by atoms with Crippen LogP contribution in [-0.4, -0.2) is 71.6 Å². The summed E-state index contributed by atoms with van der Waals surface area (Å²) in [4.78, 5) is 14.0. The Morgan fingerprint density at radius 2 is 2.06 bits per heavy atom. The molecule has 2 aliphatic heterocycles. The molecule has 0 aliphatic carbocycles. The molecule has 0 radical (unpaired) electrons. The van der Waals surface area contributed by atoms with Gasteiger partial charge in [0.15, 0.2) is 0 Å². The lowest BCUT2D eigenvalue weighted by Crippen LogP contribution is -2.66. The van der Waals surface area contributed by atoms with Gasteiger partial charge in [-0.2, -0.15) is 0 Å². The van der Waals surface area contributed by atoms with Gasteiger partial charge in [0.1, 0.15) is 12.0 Å². The molecule has 8 nitrogen and oxygen atoms in total. The number of nitrogens with two attached hydrogens (primary N) is 1. The lowest BCUT2D eigenvalue weighted by atomic mass is 9.76. The number of hydrogen-bond acceptors (Lipinski definition) is 8. The number of aromatic nitrogens is 2. The van der Waals surface area contributed by atoms with E-state index in [-0.39, 0.29) is 23.4 Å². The Morgan fingerprint density at radius 3 is 2.71 bits per heavy atom. The first-order chi connectivity index (χ1) is 16.3. The molecular formula is C25H37ClN6O2. The van der Waals surface area contributed by atoms with E-state index < -0.39 is 0 Å². The average Bonchev–Trinajstić information content (AvgIpc) is 2.85. The minimum atomic E-state index is -0.328. The number of halogens is 1. The topological polar surface area (TPSA) is 88.8 Å². The van der Waals surface area contributed by atoms with Crippen molar-refractivity contribution in [2.75, 3.05) is 33.9 Å². The van der Waals surface area contributed by atoms with Crippen LogP contribution < -0.4 is 15.8 Å². The monoisotopic (exact) mass is 488 g/mol. The molecule has 2 saturated heterocycles. The van der Waals surface area contributed by atoms with Gasteiger partial charge in [0.25, 0.3) is 0 Å². The van der Waals surface area contributed by atoms with Crippen LogP contribution in [0.3, 0.4) is 0 Å². The smallest absolute Gasteiger partial charge is 0.128 e. The predicted molar refractivity (Wildman–Crippen MR) is 134 cm³/mol. The van der Waals surface area contributed by atoms with Crippen LogP contribution in [0, 0.1) is 13.8 Å². The summed E-state index contributed by atoms with van der Waals surface area (Å²) in [7, 11) is 3.66. The second-order valence-electron chi connectivity index (χ2n) is 9.52. The summed E-state index contributed by atoms with van der Waals surface area (Å²) in [6, 6.07) is 6.18. The Labute approximate surface area is 207 Å². The first-order valence-corrected chi connectivity index (χ1v) is 12.4. The average molecular weight is 489 g/mol. The van der Waals surface area contributed by atoms with E-state index >= 15 is 0 Å². The van der Waals surface area contributed by atoms with E-state index in [0.717, 1.165) is 67.3 Å². The predicted octanol–water partition coefficient (Wildman–Crippen LogP) is 2.71. The van der Waals surface area contributed by atoms with E-state index in [9.17, 15) is 0 Å². The normalized spacial score (nSPS) is 25.4. The van der Waals surface area contributed by atoms with Gasteiger partial charge in [0.05, 0.1) is 24.5 Å². The van der Waals surface area contributed by atoms with Crippen LogP contribution in [0.4, 0.5) is 0 Å². The molecule has 2 aromatic rings. The molecule has 0 spiro atoms. The third kappa shape index (κ3) is 5.22. The number of aryl methyl sites for hydroxylation is 1. The van der Waals surface area contributed by atoms with Gasteiger partial charge in [-0.25, -0.2) is 0 Å². The maximum atomic E-state index is 6.71. The van der Waals surface area contributed by atoms with Gasteiger partial charge in [0.2, 0.25) is 0 Å². The van der Waals surface area contributed by atoms with E-state index in [1.165, 1.54) is 0 Å². The zero-order chi connectivity index (χ0) is 24.3. The molecule has 2 fully saturated rings. The van der Waals surface area contributed by atoms with E-state index in [1.54, 1.807) is 7.11 Å². The zero-order valence-electron chi connectivity index (χ0n) is 20.6. The number of ether oxygens (including phenoxy) is 2. The molecule has 0 bridgehead atoms. The fourth-order valence-corrected chi connectivity index (χ4v) is 5.47. The highest BCUT2D eigenvalue weighted by Crippen LogP contribution is 2.36. The molecule has 4 rings (SSSR count). The number of rotatable bonds is 7. The van der Waals surface area contributed by atoms with Crippen molar-refractivity contribution in [3.63, 3.8) is 0 Å². The van der Waals surface area contributed by atoms with Gasteiger partial charge in [-0.15, -0.1) is 11.6 Å². The number of nitrogens with zero attached hydrogens (tertiary/aromatic N) is 4. The first-order valence-electron chi connectivity index (χ1n) is 11.9. The van der Waals surface area contributed by atoms with Gasteiger partial charge in [-0.1, -0.05) is 6.07 Å². The van der Waals surface area contributed by atoms with Crippen LogP contribution in [0.1, 0.15) is 41.8 Å². The third-order valence-electron chi connectivity index (χ3n) is 7.37. The van der Waals surface area contributed by atoms with Gasteiger partial charge in [-0.05, 0) is 45.9 Å². The van der Waals surface area contributed by atoms with Crippen molar-refractivity contribution >= 4 is 11.6 Å². The summed E-state index contributed by atoms with van der Waals surface area (Å²) in [6.45, 7) is 6.98. The summed E-state index contributed by atoms with van der Waals surface area (Å²) in [6.07, 6.45) is 5.99. The number of alkyl halides is 1. The lowest BCUT2D eigenvalue weighted by molar-refractivity contribution is -0.00842. The highest BCUT2D eigenvalue weighted by molar-refractivity contribution is 6.20. The summed E-state index contributed by atoms with van der Waals surface area (Å²) >= 11 is 6.71. The zero-order valence-corrected chi connectivity index (χ0v) is 21.4. The van der Waals surface area contributed by atoms with Crippen LogP contribution in [0.15, 0.2) is 30.6 Å². The summed E-state index contributed by atoms with van der Waals surface area (Å²) < 4.78 is 11.4. The molecule has 4 heterocycles. The van der Waals surface area contributed by atoms with E-state index in [0.29, 0.717) is 6.54 Å². The van der Waals surface area contributed by atoms with Crippen molar-refractivity contribution in [3.8, 4) is 5.75 Å². The van der Waals surface area contributed by atoms with E-state index in [2.05, 4.69) is 29.3 Å². The van der Waals surface area contributed by atoms with Gasteiger partial charge in [-0.3, -0.25) is 25.1 Å². The molecule has 34 heavy (non-hydrogen) atoms. The molecule has 3 N–H and O–H groups in total.